The number of halogens is 1. The number of hydrogen-bond donors (Lipinski definition) is 2. The Bertz CT molecular complexity index is 1080. The molecule has 1 saturated carbocycles. The van der Waals surface area contributed by atoms with Crippen LogP contribution in [0.25, 0.3) is 0 Å². The van der Waals surface area contributed by atoms with Gasteiger partial charge in [0.05, 0.1) is 33.7 Å². The van der Waals surface area contributed by atoms with Crippen LogP contribution in [0.4, 0.5) is 11.8 Å². The van der Waals surface area contributed by atoms with E-state index in [9.17, 15) is 9.32 Å². The number of anilines is 2. The van der Waals surface area contributed by atoms with Crippen LogP contribution in [-0.4, -0.2) is 59.2 Å². The molecule has 2 N–H and O–H groups in total. The predicted molar refractivity (Wildman–Crippen MR) is 132 cm³/mol. The summed E-state index contributed by atoms with van der Waals surface area (Å²) in [5, 5.41) is 14.2. The third kappa shape index (κ3) is 3.99. The molecular weight excluding hydrogens is 472 g/mol. The molecule has 5 heterocycles. The van der Waals surface area contributed by atoms with Crippen LogP contribution in [0.1, 0.15) is 75.2 Å². The maximum atomic E-state index is 13.2. The van der Waals surface area contributed by atoms with Crippen LogP contribution < -0.4 is 10.2 Å². The number of nitrogens with one attached hydrogen (secondary N) is 1. The van der Waals surface area contributed by atoms with E-state index < -0.39 is 10.8 Å². The van der Waals surface area contributed by atoms with Crippen molar-refractivity contribution in [1.29, 1.82) is 0 Å². The summed E-state index contributed by atoms with van der Waals surface area (Å²) in [7, 11) is -1.12. The van der Waals surface area contributed by atoms with Crippen LogP contribution >= 0.6 is 11.6 Å². The molecule has 10 heteroatoms. The molecule has 0 radical (unpaired) electrons. The Hall–Kier alpha value is -1.84. The normalized spacial score (nSPS) is 29.8. The molecule has 3 fully saturated rings. The van der Waals surface area contributed by atoms with Gasteiger partial charge in [-0.1, -0.05) is 11.6 Å². The van der Waals surface area contributed by atoms with E-state index in [0.29, 0.717) is 34.6 Å². The van der Waals surface area contributed by atoms with Gasteiger partial charge in [-0.05, 0) is 64.2 Å². The first-order valence-electron chi connectivity index (χ1n) is 12.5. The summed E-state index contributed by atoms with van der Waals surface area (Å²) in [6.07, 6.45) is 13.1. The lowest BCUT2D eigenvalue weighted by atomic mass is 9.77. The monoisotopic (exact) mass is 502 g/mol. The molecule has 3 aliphatic heterocycles. The molecule has 0 aromatic carbocycles. The van der Waals surface area contributed by atoms with Crippen LogP contribution in [0.15, 0.2) is 17.3 Å². The summed E-state index contributed by atoms with van der Waals surface area (Å²) < 4.78 is 13.2. The Morgan fingerprint density at radius 2 is 1.85 bits per heavy atom. The first-order valence-corrected chi connectivity index (χ1v) is 14.2. The smallest absolute Gasteiger partial charge is 0.228 e. The zero-order valence-corrected chi connectivity index (χ0v) is 20.8. The Morgan fingerprint density at radius 1 is 1.12 bits per heavy atom. The predicted octanol–water partition coefficient (Wildman–Crippen LogP) is 3.61. The van der Waals surface area contributed by atoms with Crippen molar-refractivity contribution in [2.75, 3.05) is 22.6 Å². The van der Waals surface area contributed by atoms with Gasteiger partial charge < -0.3 is 15.3 Å². The van der Waals surface area contributed by atoms with Crippen molar-refractivity contribution < 1.29 is 9.32 Å². The number of nitrogens with zero attached hydrogens (tertiary/aromatic N) is 5. The largest absolute Gasteiger partial charge is 0.394 e. The molecule has 2 aromatic heterocycles. The van der Waals surface area contributed by atoms with Crippen molar-refractivity contribution in [1.82, 2.24) is 19.9 Å². The van der Waals surface area contributed by atoms with Crippen molar-refractivity contribution in [2.24, 2.45) is 0 Å². The average molecular weight is 503 g/mol. The zero-order valence-electron chi connectivity index (χ0n) is 19.2. The molecule has 2 aromatic rings. The summed E-state index contributed by atoms with van der Waals surface area (Å²) in [4.78, 5) is 22.2. The van der Waals surface area contributed by atoms with Gasteiger partial charge in [-0.25, -0.2) is 15.0 Å². The van der Waals surface area contributed by atoms with Gasteiger partial charge in [0.15, 0.2) is 0 Å². The van der Waals surface area contributed by atoms with E-state index in [1.807, 2.05) is 0 Å². The third-order valence-electron chi connectivity index (χ3n) is 8.11. The highest BCUT2D eigenvalue weighted by Crippen LogP contribution is 2.45. The van der Waals surface area contributed by atoms with Crippen molar-refractivity contribution in [3.05, 3.63) is 28.9 Å². The molecule has 2 bridgehead atoms. The molecule has 1 aliphatic carbocycles. The first kappa shape index (κ1) is 22.6. The zero-order chi connectivity index (χ0) is 23.3. The van der Waals surface area contributed by atoms with Crippen LogP contribution in [0.2, 0.25) is 5.02 Å². The van der Waals surface area contributed by atoms with Gasteiger partial charge in [0.25, 0.3) is 0 Å². The number of fused-ring (bicyclic) bond motifs is 3. The second kappa shape index (κ2) is 8.99. The van der Waals surface area contributed by atoms with E-state index in [-0.39, 0.29) is 12.1 Å². The molecule has 0 amide bonds. The maximum Gasteiger partial charge on any atom is 0.228 e. The highest BCUT2D eigenvalue weighted by Gasteiger charge is 2.44. The topological polar surface area (TPSA) is 104 Å². The van der Waals surface area contributed by atoms with E-state index in [1.165, 1.54) is 0 Å². The molecule has 2 saturated heterocycles. The second-order valence-corrected chi connectivity index (χ2v) is 12.2. The van der Waals surface area contributed by atoms with E-state index in [0.717, 1.165) is 86.6 Å². The van der Waals surface area contributed by atoms with Gasteiger partial charge in [-0.15, -0.1) is 0 Å². The Morgan fingerprint density at radius 3 is 2.50 bits per heavy atom. The summed E-state index contributed by atoms with van der Waals surface area (Å²) in [5.74, 6) is 3.25. The highest BCUT2D eigenvalue weighted by atomic mass is 35.5. The van der Waals surface area contributed by atoms with E-state index in [4.69, 9.17) is 21.6 Å². The number of aliphatic hydroxyl groups excluding tert-OH is 1. The minimum absolute atomic E-state index is 0.0610. The quantitative estimate of drug-likeness (QED) is 0.639. The minimum atomic E-state index is -1.12. The summed E-state index contributed by atoms with van der Waals surface area (Å²) >= 11 is 6.00. The highest BCUT2D eigenvalue weighted by molar-refractivity contribution is 7.85. The molecular formula is C24H31ClN6O2S. The molecule has 8 nitrogen and oxygen atoms in total. The Balaban J connectivity index is 1.34. The summed E-state index contributed by atoms with van der Waals surface area (Å²) in [6, 6.07) is 0.668. The number of piperidine rings is 1. The number of aromatic nitrogens is 4. The number of rotatable bonds is 5. The average Bonchev–Trinajstić information content (AvgIpc) is 2.96. The third-order valence-corrected chi connectivity index (χ3v) is 9.85. The Labute approximate surface area is 207 Å². The molecule has 0 spiro atoms. The lowest BCUT2D eigenvalue weighted by Gasteiger charge is -2.42. The molecule has 3 unspecified atom stereocenters. The van der Waals surface area contributed by atoms with E-state index in [2.05, 4.69) is 20.2 Å². The van der Waals surface area contributed by atoms with Crippen molar-refractivity contribution in [3.8, 4) is 0 Å². The maximum absolute atomic E-state index is 13.2. The van der Waals surface area contributed by atoms with Crippen molar-refractivity contribution in [2.45, 2.75) is 92.6 Å². The fourth-order valence-corrected chi connectivity index (χ4v) is 7.64. The molecule has 4 aliphatic rings. The number of hydrogen-bond acceptors (Lipinski definition) is 8. The molecule has 34 heavy (non-hydrogen) atoms. The molecule has 6 rings (SSSR count). The second-order valence-electron chi connectivity index (χ2n) is 10.3. The van der Waals surface area contributed by atoms with Gasteiger partial charge in [0.1, 0.15) is 16.5 Å². The van der Waals surface area contributed by atoms with Crippen molar-refractivity contribution >= 4 is 34.2 Å². The summed E-state index contributed by atoms with van der Waals surface area (Å²) in [5.41, 5.74) is 0.562. The van der Waals surface area contributed by atoms with Gasteiger partial charge in [-0.2, -0.15) is 4.98 Å². The fraction of sp³-hybridized carbons (Fsp3) is 0.667. The Kier molecular flexibility index (Phi) is 5.98. The van der Waals surface area contributed by atoms with Crippen LogP contribution in [0.3, 0.4) is 0 Å². The lowest BCUT2D eigenvalue weighted by molar-refractivity contribution is 0.143. The van der Waals surface area contributed by atoms with Gasteiger partial charge in [-0.3, -0.25) is 4.21 Å². The van der Waals surface area contributed by atoms with E-state index >= 15 is 0 Å². The minimum Gasteiger partial charge on any atom is -0.394 e. The van der Waals surface area contributed by atoms with Crippen LogP contribution in [0, 0.1) is 0 Å². The van der Waals surface area contributed by atoms with Gasteiger partial charge in [0, 0.05) is 36.1 Å². The standard InChI is InChI=1S/C24H31ClN6O2S/c25-16-12-26-21(27-13-16)15-10-17-5-6-18(11-15)31(17)23-28-19-4-1-2-9-34(33)20(19)22(29-23)30-24(14-32)7-3-8-24/h12-13,15,17-18,32H,1-11,14H2,(H,28,29,30). The molecule has 182 valence electrons. The molecule has 3 atom stereocenters. The van der Waals surface area contributed by atoms with Gasteiger partial charge >= 0.3 is 0 Å². The number of aryl methyl sites for hydroxylation is 1. The van der Waals surface area contributed by atoms with E-state index in [1.54, 1.807) is 12.4 Å². The first-order chi connectivity index (χ1) is 16.5. The SMILES string of the molecule is O=S1CCCCc2nc(N3C4CCC3CC(c3ncc(Cl)cn3)C4)nc(NC3(CO)CCC3)c21. The lowest BCUT2D eigenvalue weighted by Crippen LogP contribution is -2.49. The summed E-state index contributed by atoms with van der Waals surface area (Å²) in [6.45, 7) is 0.0610. The number of aliphatic hydroxyl groups is 1. The van der Waals surface area contributed by atoms with Crippen molar-refractivity contribution in [3.63, 3.8) is 0 Å². The van der Waals surface area contributed by atoms with Crippen LogP contribution in [0.5, 0.6) is 0 Å². The van der Waals surface area contributed by atoms with Gasteiger partial charge in [0.2, 0.25) is 5.95 Å². The fourth-order valence-electron chi connectivity index (χ4n) is 6.15. The van der Waals surface area contributed by atoms with Crippen LogP contribution in [-0.2, 0) is 17.2 Å².